The average molecular weight is 245 g/mol. The molecule has 1 aromatic rings. The summed E-state index contributed by atoms with van der Waals surface area (Å²) in [6.07, 6.45) is 5.33. The first-order valence-corrected chi connectivity index (χ1v) is 7.33. The third-order valence-electron chi connectivity index (χ3n) is 4.68. The van der Waals surface area contributed by atoms with E-state index in [-0.39, 0.29) is 0 Å². The lowest BCUT2D eigenvalue weighted by atomic mass is 9.76. The topological polar surface area (TPSA) is 12.0 Å². The summed E-state index contributed by atoms with van der Waals surface area (Å²) >= 11 is 0. The van der Waals surface area contributed by atoms with Gasteiger partial charge >= 0.3 is 0 Å². The van der Waals surface area contributed by atoms with Gasteiger partial charge in [0.05, 0.1) is 0 Å². The molecule has 1 aromatic carbocycles. The molecule has 2 rings (SSSR count). The molecule has 0 aromatic heterocycles. The highest BCUT2D eigenvalue weighted by Gasteiger charge is 2.27. The maximum absolute atomic E-state index is 3.52. The second-order valence-electron chi connectivity index (χ2n) is 6.20. The van der Waals surface area contributed by atoms with Crippen LogP contribution in [0.5, 0.6) is 0 Å². The summed E-state index contributed by atoms with van der Waals surface area (Å²) in [7, 11) is 2.12. The largest absolute Gasteiger partial charge is 0.317 e. The Bertz CT molecular complexity index is 397. The van der Waals surface area contributed by atoms with Crippen molar-refractivity contribution in [2.75, 3.05) is 7.05 Å². The Balaban J connectivity index is 2.08. The number of aryl methyl sites for hydroxylation is 2. The van der Waals surface area contributed by atoms with Crippen molar-refractivity contribution in [3.8, 4) is 0 Å². The number of hydrogen-bond donors (Lipinski definition) is 1. The van der Waals surface area contributed by atoms with E-state index < -0.39 is 0 Å². The molecule has 0 radical (unpaired) electrons. The van der Waals surface area contributed by atoms with Crippen molar-refractivity contribution in [3.05, 3.63) is 34.9 Å². The van der Waals surface area contributed by atoms with Gasteiger partial charge in [-0.05, 0) is 75.1 Å². The molecule has 18 heavy (non-hydrogen) atoms. The quantitative estimate of drug-likeness (QED) is 0.852. The Hall–Kier alpha value is -0.820. The Morgan fingerprint density at radius 2 is 1.94 bits per heavy atom. The molecule has 1 N–H and O–H groups in total. The molecule has 3 unspecified atom stereocenters. The summed E-state index contributed by atoms with van der Waals surface area (Å²) in [4.78, 5) is 0. The highest BCUT2D eigenvalue weighted by atomic mass is 14.9. The lowest BCUT2D eigenvalue weighted by Crippen LogP contribution is -2.39. The van der Waals surface area contributed by atoms with Crippen LogP contribution in [0.15, 0.2) is 18.2 Å². The second-order valence-corrected chi connectivity index (χ2v) is 6.20. The maximum Gasteiger partial charge on any atom is 0.00957 e. The Morgan fingerprint density at radius 3 is 2.61 bits per heavy atom. The molecule has 1 heteroatoms. The van der Waals surface area contributed by atoms with Crippen LogP contribution in [-0.4, -0.2) is 13.1 Å². The minimum absolute atomic E-state index is 0.711. The Kier molecular flexibility index (Phi) is 4.45. The van der Waals surface area contributed by atoms with Crippen molar-refractivity contribution in [3.63, 3.8) is 0 Å². The lowest BCUT2D eigenvalue weighted by molar-refractivity contribution is 0.220. The van der Waals surface area contributed by atoms with E-state index in [2.05, 4.69) is 51.3 Å². The van der Waals surface area contributed by atoms with E-state index in [0.717, 1.165) is 11.8 Å². The highest BCUT2D eigenvalue weighted by molar-refractivity contribution is 5.30. The molecule has 1 aliphatic carbocycles. The van der Waals surface area contributed by atoms with Gasteiger partial charge < -0.3 is 5.32 Å². The predicted molar refractivity (Wildman–Crippen MR) is 79.0 cm³/mol. The molecule has 0 amide bonds. The number of hydrogen-bond acceptors (Lipinski definition) is 1. The number of benzene rings is 1. The van der Waals surface area contributed by atoms with Crippen LogP contribution < -0.4 is 5.32 Å². The zero-order valence-corrected chi connectivity index (χ0v) is 12.3. The summed E-state index contributed by atoms with van der Waals surface area (Å²) in [5.74, 6) is 1.70. The van der Waals surface area contributed by atoms with Crippen molar-refractivity contribution in [1.82, 2.24) is 5.32 Å². The van der Waals surface area contributed by atoms with E-state index in [1.165, 1.54) is 42.4 Å². The first-order valence-electron chi connectivity index (χ1n) is 7.33. The predicted octanol–water partition coefficient (Wildman–Crippen LogP) is 3.87. The van der Waals surface area contributed by atoms with Crippen molar-refractivity contribution in [2.24, 2.45) is 11.8 Å². The normalized spacial score (nSPS) is 28.3. The van der Waals surface area contributed by atoms with E-state index in [1.54, 1.807) is 0 Å². The zero-order chi connectivity index (χ0) is 13.1. The molecular formula is C17H27N. The molecule has 1 fully saturated rings. The van der Waals surface area contributed by atoms with E-state index in [4.69, 9.17) is 0 Å². The molecule has 1 aliphatic rings. The SMILES string of the molecule is CNC1CCC(C)CC1Cc1ccc(C)c(C)c1. The van der Waals surface area contributed by atoms with Gasteiger partial charge in [0.2, 0.25) is 0 Å². The van der Waals surface area contributed by atoms with Gasteiger partial charge in [0.25, 0.3) is 0 Å². The van der Waals surface area contributed by atoms with Crippen molar-refractivity contribution >= 4 is 0 Å². The average Bonchev–Trinajstić information content (AvgIpc) is 2.34. The molecule has 0 heterocycles. The summed E-state index contributed by atoms with van der Waals surface area (Å²) in [6, 6.07) is 7.67. The van der Waals surface area contributed by atoms with Crippen molar-refractivity contribution in [2.45, 2.75) is 52.5 Å². The minimum Gasteiger partial charge on any atom is -0.317 e. The summed E-state index contributed by atoms with van der Waals surface area (Å²) in [5.41, 5.74) is 4.34. The first-order chi connectivity index (χ1) is 8.60. The summed E-state index contributed by atoms with van der Waals surface area (Å²) in [5, 5.41) is 3.52. The third kappa shape index (κ3) is 3.14. The van der Waals surface area contributed by atoms with Crippen LogP contribution in [0.3, 0.4) is 0 Å². The van der Waals surface area contributed by atoms with E-state index in [0.29, 0.717) is 6.04 Å². The smallest absolute Gasteiger partial charge is 0.00957 e. The molecule has 0 bridgehead atoms. The van der Waals surface area contributed by atoms with E-state index in [1.807, 2.05) is 0 Å². The van der Waals surface area contributed by atoms with Crippen LogP contribution in [0, 0.1) is 25.7 Å². The van der Waals surface area contributed by atoms with Crippen molar-refractivity contribution < 1.29 is 0 Å². The van der Waals surface area contributed by atoms with E-state index in [9.17, 15) is 0 Å². The Morgan fingerprint density at radius 1 is 1.17 bits per heavy atom. The van der Waals surface area contributed by atoms with Crippen LogP contribution >= 0.6 is 0 Å². The highest BCUT2D eigenvalue weighted by Crippen LogP contribution is 2.31. The maximum atomic E-state index is 3.52. The van der Waals surface area contributed by atoms with E-state index >= 15 is 0 Å². The lowest BCUT2D eigenvalue weighted by Gasteiger charge is -2.35. The van der Waals surface area contributed by atoms with Crippen LogP contribution in [0.4, 0.5) is 0 Å². The second kappa shape index (κ2) is 5.88. The van der Waals surface area contributed by atoms with Crippen LogP contribution in [-0.2, 0) is 6.42 Å². The van der Waals surface area contributed by atoms with Gasteiger partial charge in [0, 0.05) is 6.04 Å². The third-order valence-corrected chi connectivity index (χ3v) is 4.68. The van der Waals surface area contributed by atoms with Gasteiger partial charge in [-0.2, -0.15) is 0 Å². The molecule has 0 aliphatic heterocycles. The summed E-state index contributed by atoms with van der Waals surface area (Å²) in [6.45, 7) is 6.81. The van der Waals surface area contributed by atoms with Gasteiger partial charge in [0.1, 0.15) is 0 Å². The zero-order valence-electron chi connectivity index (χ0n) is 12.3. The first kappa shape index (κ1) is 13.6. The number of rotatable bonds is 3. The van der Waals surface area contributed by atoms with Gasteiger partial charge in [-0.25, -0.2) is 0 Å². The Labute approximate surface area is 112 Å². The molecule has 3 atom stereocenters. The molecule has 100 valence electrons. The van der Waals surface area contributed by atoms with Gasteiger partial charge in [-0.3, -0.25) is 0 Å². The van der Waals surface area contributed by atoms with Crippen molar-refractivity contribution in [1.29, 1.82) is 0 Å². The molecule has 1 nitrogen and oxygen atoms in total. The molecule has 1 saturated carbocycles. The van der Waals surface area contributed by atoms with Gasteiger partial charge in [-0.1, -0.05) is 25.1 Å². The molecular weight excluding hydrogens is 218 g/mol. The molecule has 0 spiro atoms. The monoisotopic (exact) mass is 245 g/mol. The standard InChI is InChI=1S/C17H27N/c1-12-5-8-17(18-4)16(9-12)11-15-7-6-13(2)14(3)10-15/h6-7,10,12,16-18H,5,8-9,11H2,1-4H3. The fourth-order valence-corrected chi connectivity index (χ4v) is 3.34. The van der Waals surface area contributed by atoms with Crippen LogP contribution in [0.25, 0.3) is 0 Å². The van der Waals surface area contributed by atoms with Gasteiger partial charge in [0.15, 0.2) is 0 Å². The fraction of sp³-hybridized carbons (Fsp3) is 0.647. The minimum atomic E-state index is 0.711. The summed E-state index contributed by atoms with van der Waals surface area (Å²) < 4.78 is 0. The van der Waals surface area contributed by atoms with Crippen LogP contribution in [0.1, 0.15) is 42.9 Å². The number of nitrogens with one attached hydrogen (secondary N) is 1. The fourth-order valence-electron chi connectivity index (χ4n) is 3.34. The van der Waals surface area contributed by atoms with Crippen LogP contribution in [0.2, 0.25) is 0 Å². The molecule has 0 saturated heterocycles. The van der Waals surface area contributed by atoms with Gasteiger partial charge in [-0.15, -0.1) is 0 Å².